The van der Waals surface area contributed by atoms with E-state index < -0.39 is 33.5 Å². The number of amides is 1. The molecule has 0 saturated heterocycles. The van der Waals surface area contributed by atoms with Crippen LogP contribution in [0.2, 0.25) is 0 Å². The lowest BCUT2D eigenvalue weighted by molar-refractivity contribution is -0.153. The van der Waals surface area contributed by atoms with Gasteiger partial charge in [-0.05, 0) is 72.9 Å². The maximum atomic E-state index is 13.8. The number of esters is 1. The minimum absolute atomic E-state index is 0.00954. The summed E-state index contributed by atoms with van der Waals surface area (Å²) in [5.41, 5.74) is 4.91. The van der Waals surface area contributed by atoms with Crippen LogP contribution in [-0.4, -0.2) is 38.1 Å². The first kappa shape index (κ1) is 31.6. The van der Waals surface area contributed by atoms with Crippen LogP contribution in [0.4, 0.5) is 13.2 Å². The molecule has 11 heteroatoms. The van der Waals surface area contributed by atoms with Gasteiger partial charge in [-0.15, -0.1) is 0 Å². The van der Waals surface area contributed by atoms with Crippen LogP contribution >= 0.6 is 0 Å². The molecule has 0 N–H and O–H groups in total. The second-order valence-corrected chi connectivity index (χ2v) is 12.2. The molecule has 4 rings (SSSR count). The molecule has 43 heavy (non-hydrogen) atoms. The second-order valence-electron chi connectivity index (χ2n) is 10.3. The standard InChI is InChI=1S/C32H30F3NO6S/c1-20-14-21(2)30(22(3)15-20)31(38)36(18-26-12-13-28(42-26)32(33,34)35)17-23-8-10-24(11-9-23)25-6-5-7-27(16-25)43(39,40)19-29(37)41-4/h5-16H,17-19H2,1-4H3. The first-order chi connectivity index (χ1) is 20.2. The molecule has 0 saturated carbocycles. The lowest BCUT2D eigenvalue weighted by Gasteiger charge is -2.24. The van der Waals surface area contributed by atoms with Gasteiger partial charge in [0.15, 0.2) is 15.6 Å². The average molecular weight is 614 g/mol. The molecule has 226 valence electrons. The van der Waals surface area contributed by atoms with Crippen molar-refractivity contribution in [3.8, 4) is 11.1 Å². The number of benzene rings is 3. The number of hydrogen-bond donors (Lipinski definition) is 0. The van der Waals surface area contributed by atoms with Gasteiger partial charge in [-0.2, -0.15) is 13.2 Å². The quantitative estimate of drug-likeness (QED) is 0.196. The Kier molecular flexibility index (Phi) is 9.15. The molecule has 0 atom stereocenters. The smallest absolute Gasteiger partial charge is 0.449 e. The van der Waals surface area contributed by atoms with Crippen LogP contribution in [0.5, 0.6) is 0 Å². The summed E-state index contributed by atoms with van der Waals surface area (Å²) in [6, 6.07) is 19.0. The summed E-state index contributed by atoms with van der Waals surface area (Å²) in [7, 11) is -2.79. The van der Waals surface area contributed by atoms with Gasteiger partial charge < -0.3 is 14.1 Å². The van der Waals surface area contributed by atoms with Crippen molar-refractivity contribution < 1.29 is 40.3 Å². The largest absolute Gasteiger partial charge is 0.468 e. The van der Waals surface area contributed by atoms with Gasteiger partial charge in [-0.25, -0.2) is 8.42 Å². The molecule has 0 unspecified atom stereocenters. The SMILES string of the molecule is COC(=O)CS(=O)(=O)c1cccc(-c2ccc(CN(Cc3ccc(C(F)(F)F)o3)C(=O)c3c(C)cc(C)cc3C)cc2)c1. The second kappa shape index (κ2) is 12.5. The average Bonchev–Trinajstić information content (AvgIpc) is 3.42. The Labute approximate surface area is 247 Å². The molecular weight excluding hydrogens is 583 g/mol. The van der Waals surface area contributed by atoms with Crippen molar-refractivity contribution in [2.45, 2.75) is 44.9 Å². The number of halogens is 3. The molecule has 0 aliphatic rings. The lowest BCUT2D eigenvalue weighted by Crippen LogP contribution is -2.31. The summed E-state index contributed by atoms with van der Waals surface area (Å²) in [4.78, 5) is 26.7. The predicted octanol–water partition coefficient (Wildman–Crippen LogP) is 6.68. The molecule has 0 spiro atoms. The van der Waals surface area contributed by atoms with E-state index in [0.717, 1.165) is 29.9 Å². The number of hydrogen-bond acceptors (Lipinski definition) is 6. The molecule has 0 aliphatic carbocycles. The molecule has 3 aromatic carbocycles. The fraction of sp³-hybridized carbons (Fsp3) is 0.250. The summed E-state index contributed by atoms with van der Waals surface area (Å²) in [5.74, 6) is -3.15. The monoisotopic (exact) mass is 613 g/mol. The number of nitrogens with zero attached hydrogens (tertiary/aromatic N) is 1. The minimum Gasteiger partial charge on any atom is -0.468 e. The van der Waals surface area contributed by atoms with Gasteiger partial charge >= 0.3 is 12.1 Å². The van der Waals surface area contributed by atoms with Gasteiger partial charge in [-0.3, -0.25) is 9.59 Å². The van der Waals surface area contributed by atoms with Crippen LogP contribution in [0, 0.1) is 20.8 Å². The number of aryl methyl sites for hydroxylation is 3. The van der Waals surface area contributed by atoms with Gasteiger partial charge in [0.2, 0.25) is 5.76 Å². The van der Waals surface area contributed by atoms with E-state index in [1.807, 2.05) is 32.9 Å². The van der Waals surface area contributed by atoms with Crippen LogP contribution in [0.15, 0.2) is 82.1 Å². The number of furan rings is 1. The Morgan fingerprint density at radius 3 is 2.09 bits per heavy atom. The maximum Gasteiger partial charge on any atom is 0.449 e. The lowest BCUT2D eigenvalue weighted by atomic mass is 9.98. The Hall–Kier alpha value is -4.38. The highest BCUT2D eigenvalue weighted by molar-refractivity contribution is 7.92. The van der Waals surface area contributed by atoms with E-state index in [2.05, 4.69) is 4.74 Å². The number of alkyl halides is 3. The van der Waals surface area contributed by atoms with Crippen LogP contribution in [0.25, 0.3) is 11.1 Å². The summed E-state index contributed by atoms with van der Waals surface area (Å²) in [5, 5.41) is 0. The minimum atomic E-state index is -4.65. The Bertz CT molecular complexity index is 1740. The van der Waals surface area contributed by atoms with Crippen LogP contribution in [0.3, 0.4) is 0 Å². The maximum absolute atomic E-state index is 13.8. The molecular formula is C32H30F3NO6S. The summed E-state index contributed by atoms with van der Waals surface area (Å²) in [6.45, 7) is 5.42. The molecule has 4 aromatic rings. The Balaban J connectivity index is 1.63. The molecule has 0 fully saturated rings. The van der Waals surface area contributed by atoms with Gasteiger partial charge in [0.25, 0.3) is 5.91 Å². The topological polar surface area (TPSA) is 93.9 Å². The fourth-order valence-electron chi connectivity index (χ4n) is 4.87. The Morgan fingerprint density at radius 2 is 1.51 bits per heavy atom. The third kappa shape index (κ3) is 7.53. The summed E-state index contributed by atoms with van der Waals surface area (Å²) >= 11 is 0. The van der Waals surface area contributed by atoms with Gasteiger partial charge in [0.1, 0.15) is 5.76 Å². The molecule has 1 heterocycles. The van der Waals surface area contributed by atoms with Crippen molar-refractivity contribution in [2.75, 3.05) is 12.9 Å². The van der Waals surface area contributed by atoms with Crippen molar-refractivity contribution >= 4 is 21.7 Å². The van der Waals surface area contributed by atoms with Gasteiger partial charge in [0, 0.05) is 12.1 Å². The third-order valence-corrected chi connectivity index (χ3v) is 8.44. The molecule has 7 nitrogen and oxygen atoms in total. The van der Waals surface area contributed by atoms with E-state index in [-0.39, 0.29) is 29.7 Å². The number of rotatable bonds is 9. The van der Waals surface area contributed by atoms with Crippen LogP contribution < -0.4 is 0 Å². The van der Waals surface area contributed by atoms with Crippen LogP contribution in [0.1, 0.15) is 44.1 Å². The van der Waals surface area contributed by atoms with E-state index in [4.69, 9.17) is 4.42 Å². The van der Waals surface area contributed by atoms with Gasteiger partial charge in [-0.1, -0.05) is 54.1 Å². The highest BCUT2D eigenvalue weighted by Crippen LogP contribution is 2.32. The zero-order valence-electron chi connectivity index (χ0n) is 24.0. The summed E-state index contributed by atoms with van der Waals surface area (Å²) in [6.07, 6.45) is -4.65. The zero-order chi connectivity index (χ0) is 31.5. The molecule has 0 radical (unpaired) electrons. The van der Waals surface area contributed by atoms with Crippen molar-refractivity contribution in [3.63, 3.8) is 0 Å². The molecule has 0 aliphatic heterocycles. The molecule has 1 amide bonds. The van der Waals surface area contributed by atoms with Crippen molar-refractivity contribution in [2.24, 2.45) is 0 Å². The first-order valence-corrected chi connectivity index (χ1v) is 14.8. The fourth-order valence-corrected chi connectivity index (χ4v) is 6.06. The molecule has 0 bridgehead atoms. The van der Waals surface area contributed by atoms with E-state index in [9.17, 15) is 31.2 Å². The number of sulfone groups is 1. The zero-order valence-corrected chi connectivity index (χ0v) is 24.8. The number of ether oxygens (including phenoxy) is 1. The number of carbonyl (C=O) groups excluding carboxylic acids is 2. The highest BCUT2D eigenvalue weighted by atomic mass is 32.2. The number of methoxy groups -OCH3 is 1. The highest BCUT2D eigenvalue weighted by Gasteiger charge is 2.35. The molecule has 1 aromatic heterocycles. The van der Waals surface area contributed by atoms with E-state index in [1.54, 1.807) is 36.4 Å². The van der Waals surface area contributed by atoms with Crippen molar-refractivity contribution in [1.29, 1.82) is 0 Å². The number of carbonyl (C=O) groups is 2. The summed E-state index contributed by atoms with van der Waals surface area (Å²) < 4.78 is 74.2. The Morgan fingerprint density at radius 1 is 0.860 bits per heavy atom. The first-order valence-electron chi connectivity index (χ1n) is 13.2. The van der Waals surface area contributed by atoms with Crippen LogP contribution in [-0.2, 0) is 38.6 Å². The van der Waals surface area contributed by atoms with E-state index >= 15 is 0 Å². The van der Waals surface area contributed by atoms with Gasteiger partial charge in [0.05, 0.1) is 18.6 Å². The third-order valence-electron chi connectivity index (χ3n) is 6.86. The van der Waals surface area contributed by atoms with E-state index in [1.165, 1.54) is 23.1 Å². The van der Waals surface area contributed by atoms with E-state index in [0.29, 0.717) is 22.3 Å². The predicted molar refractivity (Wildman–Crippen MR) is 154 cm³/mol. The normalized spacial score (nSPS) is 11.8. The van der Waals surface area contributed by atoms with Crippen molar-refractivity contribution in [3.05, 3.63) is 112 Å². The van der Waals surface area contributed by atoms with Crippen molar-refractivity contribution in [1.82, 2.24) is 4.90 Å².